The monoisotopic (exact) mass is 243 g/mol. The highest BCUT2D eigenvalue weighted by atomic mass is 16.4. The summed E-state index contributed by atoms with van der Waals surface area (Å²) in [6.07, 6.45) is -0.222. The number of nitrogen functional groups attached to an aromatic ring is 1. The Hall–Kier alpha value is -2.88. The largest absolute Gasteiger partial charge is 0.403 e. The molecule has 7 heteroatoms. The van der Waals surface area contributed by atoms with Crippen LogP contribution in [0.25, 0.3) is 11.5 Å². The average molecular weight is 243 g/mol. The number of aromatic nitrogens is 2. The quantitative estimate of drug-likeness (QED) is 0.835. The Labute approximate surface area is 102 Å². The minimum Gasteiger partial charge on any atom is -0.403 e. The first-order valence-electron chi connectivity index (χ1n) is 5.06. The molecule has 0 radical (unpaired) electrons. The van der Waals surface area contributed by atoms with E-state index in [4.69, 9.17) is 15.4 Å². The van der Waals surface area contributed by atoms with E-state index in [0.29, 0.717) is 11.3 Å². The fraction of sp³-hybridized carbons (Fsp3) is 0.0909. The molecule has 7 nitrogen and oxygen atoms in total. The normalized spacial score (nSPS) is 9.72. The zero-order valence-electron chi connectivity index (χ0n) is 9.25. The third kappa shape index (κ3) is 2.44. The Morgan fingerprint density at radius 3 is 2.89 bits per heavy atom. The van der Waals surface area contributed by atoms with Gasteiger partial charge in [0, 0.05) is 0 Å². The molecule has 1 heterocycles. The summed E-state index contributed by atoms with van der Waals surface area (Å²) in [5.74, 6) is -0.196. The van der Waals surface area contributed by atoms with Crippen LogP contribution >= 0.6 is 0 Å². The van der Waals surface area contributed by atoms with Gasteiger partial charge in [-0.3, -0.25) is 4.79 Å². The van der Waals surface area contributed by atoms with Gasteiger partial charge in [-0.1, -0.05) is 17.2 Å². The topological polar surface area (TPSA) is 118 Å². The van der Waals surface area contributed by atoms with E-state index in [0.717, 1.165) is 0 Å². The summed E-state index contributed by atoms with van der Waals surface area (Å²) in [6, 6.07) is 8.59. The van der Waals surface area contributed by atoms with Crippen LogP contribution < -0.4 is 11.1 Å². The molecule has 0 saturated heterocycles. The number of benzene rings is 1. The number of hydrogen-bond donors (Lipinski definition) is 2. The van der Waals surface area contributed by atoms with Crippen molar-refractivity contribution in [3.63, 3.8) is 0 Å². The first kappa shape index (κ1) is 11.6. The minimum atomic E-state index is -0.405. The lowest BCUT2D eigenvalue weighted by molar-refractivity contribution is -0.115. The summed E-state index contributed by atoms with van der Waals surface area (Å²) in [7, 11) is 0. The Balaban J connectivity index is 2.32. The van der Waals surface area contributed by atoms with Crippen LogP contribution in [0.2, 0.25) is 0 Å². The van der Waals surface area contributed by atoms with Crippen molar-refractivity contribution in [1.82, 2.24) is 10.2 Å². The van der Waals surface area contributed by atoms with Crippen LogP contribution in [0.5, 0.6) is 0 Å². The number of rotatable bonds is 3. The summed E-state index contributed by atoms with van der Waals surface area (Å²) in [4.78, 5) is 11.4. The molecule has 0 saturated carbocycles. The average Bonchev–Trinajstić information content (AvgIpc) is 2.77. The molecule has 0 spiro atoms. The zero-order valence-corrected chi connectivity index (χ0v) is 9.25. The lowest BCUT2D eigenvalue weighted by Crippen LogP contribution is -2.10. The van der Waals surface area contributed by atoms with E-state index in [1.165, 1.54) is 0 Å². The molecule has 0 fully saturated rings. The Morgan fingerprint density at radius 2 is 2.22 bits per heavy atom. The molecule has 3 N–H and O–H groups in total. The van der Waals surface area contributed by atoms with E-state index >= 15 is 0 Å². The van der Waals surface area contributed by atoms with Crippen LogP contribution in [0.1, 0.15) is 6.42 Å². The van der Waals surface area contributed by atoms with Crippen LogP contribution in [-0.4, -0.2) is 16.1 Å². The van der Waals surface area contributed by atoms with E-state index < -0.39 is 5.91 Å². The zero-order chi connectivity index (χ0) is 13.0. The van der Waals surface area contributed by atoms with Crippen molar-refractivity contribution >= 4 is 17.6 Å². The number of nitrogens with two attached hydrogens (primary N) is 1. The highest BCUT2D eigenvalue weighted by molar-refractivity contribution is 5.95. The molecule has 1 aromatic carbocycles. The highest BCUT2D eigenvalue weighted by Gasteiger charge is 2.12. The number of nitrogens with one attached hydrogen (secondary N) is 1. The second-order valence-electron chi connectivity index (χ2n) is 3.37. The molecule has 0 unspecified atom stereocenters. The molecule has 2 rings (SSSR count). The van der Waals surface area contributed by atoms with E-state index in [1.54, 1.807) is 30.3 Å². The molecule has 1 aromatic heterocycles. The minimum absolute atomic E-state index is 0.0526. The third-order valence-corrected chi connectivity index (χ3v) is 2.11. The van der Waals surface area contributed by atoms with Crippen molar-refractivity contribution in [1.29, 1.82) is 5.26 Å². The predicted octanol–water partition coefficient (Wildman–Crippen LogP) is 1.17. The SMILES string of the molecule is N#CCC(=O)Nc1ccccc1-c1nnc(N)o1. The summed E-state index contributed by atoms with van der Waals surface area (Å²) in [5, 5.41) is 18.3. The molecule has 0 aliphatic carbocycles. The first-order valence-corrected chi connectivity index (χ1v) is 5.06. The maximum Gasteiger partial charge on any atom is 0.313 e. The summed E-state index contributed by atoms with van der Waals surface area (Å²) in [6.45, 7) is 0. The van der Waals surface area contributed by atoms with E-state index in [9.17, 15) is 4.79 Å². The third-order valence-electron chi connectivity index (χ3n) is 2.11. The van der Waals surface area contributed by atoms with Crippen LogP contribution in [0.4, 0.5) is 11.7 Å². The maximum atomic E-state index is 11.4. The Bertz CT molecular complexity index is 614. The maximum absolute atomic E-state index is 11.4. The van der Waals surface area contributed by atoms with Crippen molar-refractivity contribution in [3.8, 4) is 17.5 Å². The number of carbonyl (C=O) groups is 1. The number of hydrogen-bond acceptors (Lipinski definition) is 6. The van der Waals surface area contributed by atoms with Gasteiger partial charge in [0.2, 0.25) is 5.91 Å². The molecule has 2 aromatic rings. The molecule has 0 bridgehead atoms. The predicted molar refractivity (Wildman–Crippen MR) is 63.0 cm³/mol. The first-order chi connectivity index (χ1) is 8.70. The lowest BCUT2D eigenvalue weighted by Gasteiger charge is -2.06. The van der Waals surface area contributed by atoms with Gasteiger partial charge < -0.3 is 15.5 Å². The van der Waals surface area contributed by atoms with Gasteiger partial charge in [-0.2, -0.15) is 5.26 Å². The molecule has 18 heavy (non-hydrogen) atoms. The van der Waals surface area contributed by atoms with Crippen molar-refractivity contribution in [2.45, 2.75) is 6.42 Å². The molecule has 90 valence electrons. The van der Waals surface area contributed by atoms with Gasteiger partial charge in [0.25, 0.3) is 5.89 Å². The number of nitrogens with zero attached hydrogens (tertiary/aromatic N) is 3. The second-order valence-corrected chi connectivity index (χ2v) is 3.37. The van der Waals surface area contributed by atoms with Gasteiger partial charge >= 0.3 is 6.01 Å². The Morgan fingerprint density at radius 1 is 1.44 bits per heavy atom. The van der Waals surface area contributed by atoms with Gasteiger partial charge in [-0.05, 0) is 12.1 Å². The summed E-state index contributed by atoms with van der Waals surface area (Å²) in [5.41, 5.74) is 6.38. The van der Waals surface area contributed by atoms with Crippen molar-refractivity contribution in [3.05, 3.63) is 24.3 Å². The molecular formula is C11H9N5O2. The molecular weight excluding hydrogens is 234 g/mol. The smallest absolute Gasteiger partial charge is 0.313 e. The number of para-hydroxylation sites is 1. The number of anilines is 2. The van der Waals surface area contributed by atoms with Crippen molar-refractivity contribution in [2.24, 2.45) is 0 Å². The van der Waals surface area contributed by atoms with Crippen LogP contribution in [0.15, 0.2) is 28.7 Å². The molecule has 0 atom stereocenters. The second kappa shape index (κ2) is 4.97. The van der Waals surface area contributed by atoms with Crippen molar-refractivity contribution in [2.75, 3.05) is 11.1 Å². The molecule has 0 aliphatic heterocycles. The van der Waals surface area contributed by atoms with Crippen LogP contribution in [0.3, 0.4) is 0 Å². The van der Waals surface area contributed by atoms with Gasteiger partial charge in [0.05, 0.1) is 17.3 Å². The fourth-order valence-electron chi connectivity index (χ4n) is 1.39. The fourth-order valence-corrected chi connectivity index (χ4v) is 1.39. The number of nitriles is 1. The van der Waals surface area contributed by atoms with Gasteiger partial charge in [0.1, 0.15) is 6.42 Å². The van der Waals surface area contributed by atoms with E-state index in [1.807, 2.05) is 0 Å². The highest BCUT2D eigenvalue weighted by Crippen LogP contribution is 2.27. The summed E-state index contributed by atoms with van der Waals surface area (Å²) >= 11 is 0. The Kier molecular flexibility index (Phi) is 3.20. The van der Waals surface area contributed by atoms with Gasteiger partial charge in [-0.15, -0.1) is 5.10 Å². The van der Waals surface area contributed by atoms with E-state index in [2.05, 4.69) is 15.5 Å². The van der Waals surface area contributed by atoms with Crippen LogP contribution in [0, 0.1) is 11.3 Å². The molecule has 0 aliphatic rings. The summed E-state index contributed by atoms with van der Waals surface area (Å²) < 4.78 is 5.09. The number of carbonyl (C=O) groups excluding carboxylic acids is 1. The van der Waals surface area contributed by atoms with Gasteiger partial charge in [0.15, 0.2) is 0 Å². The molecule has 1 amide bonds. The van der Waals surface area contributed by atoms with E-state index in [-0.39, 0.29) is 18.3 Å². The standard InChI is InChI=1S/C11H9N5O2/c12-6-5-9(17)14-8-4-2-1-3-7(8)10-15-16-11(13)18-10/h1-4H,5H2,(H2,13,16)(H,14,17). The lowest BCUT2D eigenvalue weighted by atomic mass is 10.1. The van der Waals surface area contributed by atoms with Crippen LogP contribution in [-0.2, 0) is 4.79 Å². The number of amides is 1. The van der Waals surface area contributed by atoms with Gasteiger partial charge in [-0.25, -0.2) is 0 Å². The van der Waals surface area contributed by atoms with Crippen molar-refractivity contribution < 1.29 is 9.21 Å².